The molecule has 0 radical (unpaired) electrons. The second-order valence-corrected chi connectivity index (χ2v) is 4.57. The Morgan fingerprint density at radius 1 is 1.38 bits per heavy atom. The molecular formula is C10H18ClNS. The van der Waals surface area contributed by atoms with Crippen LogP contribution < -0.4 is 5.73 Å². The van der Waals surface area contributed by atoms with Crippen LogP contribution in [0.4, 0.5) is 0 Å². The number of nitrogens with two attached hydrogens (primary N) is 1. The lowest BCUT2D eigenvalue weighted by atomic mass is 10.0. The van der Waals surface area contributed by atoms with E-state index in [1.165, 1.54) is 11.3 Å². The van der Waals surface area contributed by atoms with Gasteiger partial charge in [0.25, 0.3) is 0 Å². The van der Waals surface area contributed by atoms with Crippen LogP contribution in [0.3, 0.4) is 0 Å². The summed E-state index contributed by atoms with van der Waals surface area (Å²) in [5, 5.41) is 2.09. The van der Waals surface area contributed by atoms with Gasteiger partial charge in [0.15, 0.2) is 0 Å². The summed E-state index contributed by atoms with van der Waals surface area (Å²) < 4.78 is 0. The van der Waals surface area contributed by atoms with Gasteiger partial charge in [0.1, 0.15) is 0 Å². The second kappa shape index (κ2) is 6.41. The van der Waals surface area contributed by atoms with Crippen LogP contribution in [0.15, 0.2) is 17.5 Å². The maximum Gasteiger partial charge on any atom is 0.0389 e. The number of hydrogen-bond donors (Lipinski definition) is 1. The van der Waals surface area contributed by atoms with E-state index >= 15 is 0 Å². The van der Waals surface area contributed by atoms with Crippen molar-refractivity contribution in [2.75, 3.05) is 0 Å². The molecule has 2 N–H and O–H groups in total. The third kappa shape index (κ3) is 4.65. The summed E-state index contributed by atoms with van der Waals surface area (Å²) >= 11 is 1.76. The monoisotopic (exact) mass is 219 g/mol. The normalized spacial score (nSPS) is 12.6. The van der Waals surface area contributed by atoms with Gasteiger partial charge < -0.3 is 5.73 Å². The lowest BCUT2D eigenvalue weighted by Crippen LogP contribution is -2.09. The van der Waals surface area contributed by atoms with E-state index in [1.807, 2.05) is 0 Å². The summed E-state index contributed by atoms with van der Waals surface area (Å²) in [6, 6.07) is 4.44. The van der Waals surface area contributed by atoms with Crippen molar-refractivity contribution in [1.29, 1.82) is 0 Å². The Hall–Kier alpha value is -0.0500. The van der Waals surface area contributed by atoms with Gasteiger partial charge in [-0.25, -0.2) is 0 Å². The van der Waals surface area contributed by atoms with Crippen LogP contribution in [-0.4, -0.2) is 0 Å². The topological polar surface area (TPSA) is 26.0 Å². The molecule has 0 spiro atoms. The van der Waals surface area contributed by atoms with Gasteiger partial charge in [0, 0.05) is 10.9 Å². The van der Waals surface area contributed by atoms with Crippen LogP contribution in [0.1, 0.15) is 37.6 Å². The van der Waals surface area contributed by atoms with Crippen molar-refractivity contribution in [3.05, 3.63) is 22.4 Å². The van der Waals surface area contributed by atoms with E-state index in [4.69, 9.17) is 5.73 Å². The van der Waals surface area contributed by atoms with Gasteiger partial charge in [-0.2, -0.15) is 0 Å². The predicted molar refractivity (Wildman–Crippen MR) is 62.6 cm³/mol. The van der Waals surface area contributed by atoms with E-state index in [1.54, 1.807) is 11.3 Å². The van der Waals surface area contributed by atoms with Crippen molar-refractivity contribution in [2.45, 2.75) is 32.7 Å². The summed E-state index contributed by atoms with van der Waals surface area (Å²) in [5.41, 5.74) is 6.00. The third-order valence-electron chi connectivity index (χ3n) is 1.96. The maximum absolute atomic E-state index is 6.00. The standard InChI is InChI=1S/C10H17NS.ClH/c1-8(2)5-6-9(11)10-4-3-7-12-10;/h3-4,7-9H,5-6,11H2,1-2H3;1H. The summed E-state index contributed by atoms with van der Waals surface area (Å²) in [4.78, 5) is 1.32. The number of hydrogen-bond acceptors (Lipinski definition) is 2. The lowest BCUT2D eigenvalue weighted by Gasteiger charge is -2.10. The minimum absolute atomic E-state index is 0. The summed E-state index contributed by atoms with van der Waals surface area (Å²) in [6.07, 6.45) is 2.33. The molecule has 0 saturated heterocycles. The third-order valence-corrected chi connectivity index (χ3v) is 2.97. The Morgan fingerprint density at radius 2 is 2.08 bits per heavy atom. The first-order valence-electron chi connectivity index (χ1n) is 4.49. The van der Waals surface area contributed by atoms with Crippen molar-refractivity contribution < 1.29 is 0 Å². The van der Waals surface area contributed by atoms with Crippen molar-refractivity contribution >= 4 is 23.7 Å². The van der Waals surface area contributed by atoms with E-state index in [2.05, 4.69) is 31.4 Å². The number of rotatable bonds is 4. The van der Waals surface area contributed by atoms with Gasteiger partial charge in [-0.3, -0.25) is 0 Å². The minimum atomic E-state index is 0. The highest BCUT2D eigenvalue weighted by atomic mass is 35.5. The van der Waals surface area contributed by atoms with Gasteiger partial charge in [-0.15, -0.1) is 23.7 Å². The molecule has 1 aromatic heterocycles. The van der Waals surface area contributed by atoms with Crippen LogP contribution >= 0.6 is 23.7 Å². The fraction of sp³-hybridized carbons (Fsp3) is 0.600. The van der Waals surface area contributed by atoms with Crippen molar-refractivity contribution in [3.8, 4) is 0 Å². The quantitative estimate of drug-likeness (QED) is 0.823. The predicted octanol–water partition coefficient (Wildman–Crippen LogP) is 3.61. The van der Waals surface area contributed by atoms with Crippen molar-refractivity contribution in [1.82, 2.24) is 0 Å². The molecule has 3 heteroatoms. The molecule has 0 aromatic carbocycles. The Labute approximate surface area is 90.8 Å². The van der Waals surface area contributed by atoms with E-state index in [0.29, 0.717) is 0 Å². The first-order chi connectivity index (χ1) is 5.70. The number of thiophene rings is 1. The van der Waals surface area contributed by atoms with E-state index < -0.39 is 0 Å². The molecule has 1 heterocycles. The smallest absolute Gasteiger partial charge is 0.0389 e. The highest BCUT2D eigenvalue weighted by Crippen LogP contribution is 2.22. The lowest BCUT2D eigenvalue weighted by molar-refractivity contribution is 0.510. The maximum atomic E-state index is 6.00. The molecule has 1 nitrogen and oxygen atoms in total. The minimum Gasteiger partial charge on any atom is -0.323 e. The first-order valence-corrected chi connectivity index (χ1v) is 5.37. The zero-order valence-electron chi connectivity index (χ0n) is 8.19. The molecule has 1 unspecified atom stereocenters. The molecule has 13 heavy (non-hydrogen) atoms. The Morgan fingerprint density at radius 3 is 2.54 bits per heavy atom. The van der Waals surface area contributed by atoms with E-state index in [9.17, 15) is 0 Å². The molecule has 76 valence electrons. The molecule has 1 atom stereocenters. The zero-order chi connectivity index (χ0) is 8.97. The molecule has 1 aromatic rings. The van der Waals surface area contributed by atoms with E-state index in [0.717, 1.165) is 12.3 Å². The molecule has 0 fully saturated rings. The fourth-order valence-electron chi connectivity index (χ4n) is 1.16. The molecule has 0 amide bonds. The molecule has 1 rings (SSSR count). The molecule has 0 aliphatic rings. The molecule has 0 bridgehead atoms. The van der Waals surface area contributed by atoms with Crippen LogP contribution in [0, 0.1) is 5.92 Å². The summed E-state index contributed by atoms with van der Waals surface area (Å²) in [7, 11) is 0. The average Bonchev–Trinajstić information content (AvgIpc) is 2.51. The summed E-state index contributed by atoms with van der Waals surface area (Å²) in [6.45, 7) is 4.47. The van der Waals surface area contributed by atoms with Gasteiger partial charge in [0.2, 0.25) is 0 Å². The number of halogens is 1. The Kier molecular flexibility index (Phi) is 6.39. The van der Waals surface area contributed by atoms with Crippen molar-refractivity contribution in [2.24, 2.45) is 11.7 Å². The second-order valence-electron chi connectivity index (χ2n) is 3.59. The van der Waals surface area contributed by atoms with Gasteiger partial charge in [-0.1, -0.05) is 19.9 Å². The van der Waals surface area contributed by atoms with Crippen LogP contribution in [0.25, 0.3) is 0 Å². The van der Waals surface area contributed by atoms with Crippen LogP contribution in [0.2, 0.25) is 0 Å². The molecule has 0 saturated carbocycles. The summed E-state index contributed by atoms with van der Waals surface area (Å²) in [5.74, 6) is 0.760. The van der Waals surface area contributed by atoms with Gasteiger partial charge >= 0.3 is 0 Å². The highest BCUT2D eigenvalue weighted by Gasteiger charge is 2.06. The first kappa shape index (κ1) is 12.9. The largest absolute Gasteiger partial charge is 0.323 e. The van der Waals surface area contributed by atoms with Crippen LogP contribution in [-0.2, 0) is 0 Å². The molecule has 0 aliphatic carbocycles. The SMILES string of the molecule is CC(C)CCC(N)c1cccs1.Cl. The van der Waals surface area contributed by atoms with Crippen molar-refractivity contribution in [3.63, 3.8) is 0 Å². The Bertz CT molecular complexity index is 209. The molecule has 0 aliphatic heterocycles. The van der Waals surface area contributed by atoms with Crippen LogP contribution in [0.5, 0.6) is 0 Å². The zero-order valence-corrected chi connectivity index (χ0v) is 9.83. The molecular weight excluding hydrogens is 202 g/mol. The Balaban J connectivity index is 0.00000144. The van der Waals surface area contributed by atoms with E-state index in [-0.39, 0.29) is 18.4 Å². The van der Waals surface area contributed by atoms with Gasteiger partial charge in [-0.05, 0) is 30.2 Å². The highest BCUT2D eigenvalue weighted by molar-refractivity contribution is 7.10. The van der Waals surface area contributed by atoms with Gasteiger partial charge in [0.05, 0.1) is 0 Å². The fourth-order valence-corrected chi connectivity index (χ4v) is 1.92. The average molecular weight is 220 g/mol.